The van der Waals surface area contributed by atoms with Gasteiger partial charge >= 0.3 is 6.09 Å². The monoisotopic (exact) mass is 241 g/mol. The summed E-state index contributed by atoms with van der Waals surface area (Å²) in [5.74, 6) is -0.586. The third-order valence-corrected chi connectivity index (χ3v) is 2.10. The van der Waals surface area contributed by atoms with Crippen LogP contribution in [0.2, 0.25) is 0 Å². The summed E-state index contributed by atoms with van der Waals surface area (Å²) in [5, 5.41) is 30.4. The second-order valence-electron chi connectivity index (χ2n) is 3.37. The highest BCUT2D eigenvalue weighted by atomic mass is 16.5. The predicted molar refractivity (Wildman–Crippen MR) is 59.8 cm³/mol. The van der Waals surface area contributed by atoms with Gasteiger partial charge in [-0.25, -0.2) is 4.79 Å². The number of aromatic hydroxyl groups is 2. The molecule has 1 atom stereocenters. The second kappa shape index (κ2) is 5.95. The lowest BCUT2D eigenvalue weighted by atomic mass is 10.1. The molecule has 0 fully saturated rings. The van der Waals surface area contributed by atoms with Crippen LogP contribution < -0.4 is 5.32 Å². The molecule has 0 radical (unpaired) electrons. The van der Waals surface area contributed by atoms with Crippen LogP contribution in [0.1, 0.15) is 18.6 Å². The largest absolute Gasteiger partial charge is 0.504 e. The van der Waals surface area contributed by atoms with E-state index in [0.29, 0.717) is 5.56 Å². The molecular weight excluding hydrogens is 226 g/mol. The molecule has 0 saturated carbocycles. The van der Waals surface area contributed by atoms with E-state index in [1.807, 2.05) is 0 Å². The van der Waals surface area contributed by atoms with E-state index < -0.39 is 12.2 Å². The molecule has 6 nitrogen and oxygen atoms in total. The highest BCUT2D eigenvalue weighted by Gasteiger charge is 2.11. The summed E-state index contributed by atoms with van der Waals surface area (Å²) < 4.78 is 4.62. The molecule has 0 unspecified atom stereocenters. The number of aliphatic hydroxyl groups is 1. The summed E-state index contributed by atoms with van der Waals surface area (Å²) in [6.45, 7) is 1.89. The van der Waals surface area contributed by atoms with Crippen molar-refractivity contribution in [2.45, 2.75) is 13.0 Å². The van der Waals surface area contributed by atoms with E-state index in [0.717, 1.165) is 0 Å². The van der Waals surface area contributed by atoms with Crippen molar-refractivity contribution >= 4 is 6.09 Å². The van der Waals surface area contributed by atoms with E-state index in [1.165, 1.54) is 18.2 Å². The van der Waals surface area contributed by atoms with E-state index in [2.05, 4.69) is 10.1 Å². The lowest BCUT2D eigenvalue weighted by Crippen LogP contribution is -2.28. The van der Waals surface area contributed by atoms with Crippen LogP contribution in [-0.2, 0) is 4.74 Å². The van der Waals surface area contributed by atoms with Crippen LogP contribution in [0.4, 0.5) is 4.79 Å². The molecule has 1 amide bonds. The highest BCUT2D eigenvalue weighted by molar-refractivity contribution is 5.67. The van der Waals surface area contributed by atoms with Crippen LogP contribution >= 0.6 is 0 Å². The minimum Gasteiger partial charge on any atom is -0.504 e. The molecule has 0 aliphatic rings. The third kappa shape index (κ3) is 3.84. The fourth-order valence-electron chi connectivity index (χ4n) is 1.23. The summed E-state index contributed by atoms with van der Waals surface area (Å²) in [6, 6.07) is 3.94. The SMILES string of the molecule is CCOC(=O)NC[C@@H](O)c1ccc(O)c(O)c1. The Balaban J connectivity index is 2.54. The molecule has 17 heavy (non-hydrogen) atoms. The lowest BCUT2D eigenvalue weighted by Gasteiger charge is -2.12. The van der Waals surface area contributed by atoms with Crippen LogP contribution in [0.25, 0.3) is 0 Å². The van der Waals surface area contributed by atoms with Crippen molar-refractivity contribution in [1.29, 1.82) is 0 Å². The lowest BCUT2D eigenvalue weighted by molar-refractivity contribution is 0.135. The Morgan fingerprint density at radius 2 is 2.12 bits per heavy atom. The summed E-state index contributed by atoms with van der Waals surface area (Å²) >= 11 is 0. The molecule has 4 N–H and O–H groups in total. The van der Waals surface area contributed by atoms with Crippen molar-refractivity contribution in [2.24, 2.45) is 0 Å². The van der Waals surface area contributed by atoms with Crippen LogP contribution in [0, 0.1) is 0 Å². The minimum atomic E-state index is -0.981. The summed E-state index contributed by atoms with van der Waals surface area (Å²) in [4.78, 5) is 11.0. The maximum Gasteiger partial charge on any atom is 0.407 e. The number of phenolic OH excluding ortho intramolecular Hbond substituents is 2. The van der Waals surface area contributed by atoms with E-state index in [1.54, 1.807) is 6.92 Å². The zero-order chi connectivity index (χ0) is 12.8. The van der Waals surface area contributed by atoms with Crippen molar-refractivity contribution in [1.82, 2.24) is 5.32 Å². The Bertz CT molecular complexity index is 393. The number of carbonyl (C=O) groups excluding carboxylic acids is 1. The number of nitrogens with one attached hydrogen (secondary N) is 1. The molecule has 0 aliphatic carbocycles. The fourth-order valence-corrected chi connectivity index (χ4v) is 1.23. The van der Waals surface area contributed by atoms with Crippen LogP contribution in [0.5, 0.6) is 11.5 Å². The summed E-state index contributed by atoms with van der Waals surface area (Å²) in [5.41, 5.74) is 0.386. The number of ether oxygens (including phenoxy) is 1. The normalized spacial score (nSPS) is 11.9. The standard InChI is InChI=1S/C11H15NO5/c1-2-17-11(16)12-6-10(15)7-3-4-8(13)9(14)5-7/h3-5,10,13-15H,2,6H2,1H3,(H,12,16)/t10-/m1/s1. The van der Waals surface area contributed by atoms with Gasteiger partial charge in [-0.1, -0.05) is 6.07 Å². The van der Waals surface area contributed by atoms with Gasteiger partial charge in [0.15, 0.2) is 11.5 Å². The topological polar surface area (TPSA) is 99.0 Å². The summed E-state index contributed by atoms with van der Waals surface area (Å²) in [6.07, 6.45) is -1.60. The number of benzene rings is 1. The molecule has 0 saturated heterocycles. The number of aliphatic hydroxyl groups excluding tert-OH is 1. The van der Waals surface area contributed by atoms with Gasteiger partial charge in [-0.3, -0.25) is 0 Å². The highest BCUT2D eigenvalue weighted by Crippen LogP contribution is 2.27. The van der Waals surface area contributed by atoms with Crippen molar-refractivity contribution in [2.75, 3.05) is 13.2 Å². The van der Waals surface area contributed by atoms with Gasteiger partial charge in [-0.2, -0.15) is 0 Å². The Morgan fingerprint density at radius 3 is 2.71 bits per heavy atom. The van der Waals surface area contributed by atoms with Gasteiger partial charge in [0.2, 0.25) is 0 Å². The molecule has 0 aliphatic heterocycles. The van der Waals surface area contributed by atoms with Crippen LogP contribution in [-0.4, -0.2) is 34.6 Å². The van der Waals surface area contributed by atoms with E-state index in [4.69, 9.17) is 5.11 Å². The Labute approximate surface area is 98.5 Å². The molecule has 0 aromatic heterocycles. The zero-order valence-electron chi connectivity index (χ0n) is 9.38. The average molecular weight is 241 g/mol. The fraction of sp³-hybridized carbons (Fsp3) is 0.364. The molecule has 0 spiro atoms. The molecule has 1 rings (SSSR count). The average Bonchev–Trinajstić information content (AvgIpc) is 2.30. The number of carbonyl (C=O) groups is 1. The van der Waals surface area contributed by atoms with E-state index >= 15 is 0 Å². The Kier molecular flexibility index (Phi) is 4.59. The first-order valence-electron chi connectivity index (χ1n) is 5.15. The molecular formula is C11H15NO5. The number of hydrogen-bond donors (Lipinski definition) is 4. The first kappa shape index (κ1) is 13.1. The number of phenols is 2. The second-order valence-corrected chi connectivity index (χ2v) is 3.37. The molecule has 1 aromatic rings. The first-order chi connectivity index (χ1) is 8.04. The number of amides is 1. The molecule has 0 heterocycles. The van der Waals surface area contributed by atoms with Gasteiger partial charge in [0.1, 0.15) is 0 Å². The van der Waals surface area contributed by atoms with Gasteiger partial charge in [0, 0.05) is 0 Å². The van der Waals surface area contributed by atoms with Gasteiger partial charge in [0.05, 0.1) is 19.3 Å². The molecule has 0 bridgehead atoms. The van der Waals surface area contributed by atoms with Crippen molar-refractivity contribution in [3.05, 3.63) is 23.8 Å². The maximum atomic E-state index is 11.0. The van der Waals surface area contributed by atoms with Crippen molar-refractivity contribution < 1.29 is 24.9 Å². The third-order valence-electron chi connectivity index (χ3n) is 2.10. The number of hydrogen-bond acceptors (Lipinski definition) is 5. The Morgan fingerprint density at radius 1 is 1.41 bits per heavy atom. The van der Waals surface area contributed by atoms with Gasteiger partial charge in [0.25, 0.3) is 0 Å². The zero-order valence-corrected chi connectivity index (χ0v) is 9.38. The Hall–Kier alpha value is -1.95. The first-order valence-corrected chi connectivity index (χ1v) is 5.15. The van der Waals surface area contributed by atoms with Crippen LogP contribution in [0.3, 0.4) is 0 Å². The molecule has 1 aromatic carbocycles. The predicted octanol–water partition coefficient (Wildman–Crippen LogP) is 0.877. The number of rotatable bonds is 4. The van der Waals surface area contributed by atoms with Crippen LogP contribution in [0.15, 0.2) is 18.2 Å². The molecule has 94 valence electrons. The smallest absolute Gasteiger partial charge is 0.407 e. The summed E-state index contributed by atoms with van der Waals surface area (Å²) in [7, 11) is 0. The van der Waals surface area contributed by atoms with Gasteiger partial charge in [-0.15, -0.1) is 0 Å². The minimum absolute atomic E-state index is 0.0386. The quantitative estimate of drug-likeness (QED) is 0.586. The number of alkyl carbamates (subject to hydrolysis) is 1. The van der Waals surface area contributed by atoms with Crippen molar-refractivity contribution in [3.8, 4) is 11.5 Å². The van der Waals surface area contributed by atoms with Crippen molar-refractivity contribution in [3.63, 3.8) is 0 Å². The van der Waals surface area contributed by atoms with Gasteiger partial charge < -0.3 is 25.4 Å². The maximum absolute atomic E-state index is 11.0. The van der Waals surface area contributed by atoms with E-state index in [9.17, 15) is 15.0 Å². The van der Waals surface area contributed by atoms with E-state index in [-0.39, 0.29) is 24.7 Å². The van der Waals surface area contributed by atoms with Gasteiger partial charge in [-0.05, 0) is 24.6 Å². The molecule has 6 heteroatoms.